The Labute approximate surface area is 142 Å². The molecule has 1 N–H and O–H groups in total. The molecule has 0 atom stereocenters. The normalized spacial score (nSPS) is 17.8. The van der Waals surface area contributed by atoms with Gasteiger partial charge in [-0.25, -0.2) is 9.38 Å². The number of hydrogen-bond acceptors (Lipinski definition) is 3. The molecule has 2 aromatic rings. The van der Waals surface area contributed by atoms with Crippen molar-refractivity contribution in [2.24, 2.45) is 4.99 Å². The lowest BCUT2D eigenvalue weighted by Gasteiger charge is -2.02. The fourth-order valence-corrected chi connectivity index (χ4v) is 3.02. The van der Waals surface area contributed by atoms with E-state index in [2.05, 4.69) is 10.3 Å². The molecule has 0 bridgehead atoms. The van der Waals surface area contributed by atoms with E-state index in [0.717, 1.165) is 11.1 Å². The molecule has 116 valence electrons. The molecule has 0 aliphatic carbocycles. The van der Waals surface area contributed by atoms with Crippen molar-refractivity contribution in [3.63, 3.8) is 0 Å². The summed E-state index contributed by atoms with van der Waals surface area (Å²) in [6.07, 6.45) is 1.70. The van der Waals surface area contributed by atoms with Gasteiger partial charge in [-0.05, 0) is 60.2 Å². The molecule has 23 heavy (non-hydrogen) atoms. The maximum atomic E-state index is 12.9. The highest BCUT2D eigenvalue weighted by molar-refractivity contribution is 8.18. The zero-order valence-electron chi connectivity index (χ0n) is 12.1. The standard InChI is InChI=1S/C17H12ClFN2OS/c1-10-13(18)3-2-4-14(10)20-17-21-16(22)15(23-17)9-11-5-7-12(19)8-6-11/h2-9H,1H3,(H,20,21,22)/b15-9-. The second-order valence-corrected chi connectivity index (χ2v) is 6.36. The first-order valence-electron chi connectivity index (χ1n) is 6.83. The van der Waals surface area contributed by atoms with E-state index in [1.54, 1.807) is 24.3 Å². The van der Waals surface area contributed by atoms with Gasteiger partial charge in [-0.3, -0.25) is 4.79 Å². The van der Waals surface area contributed by atoms with Gasteiger partial charge in [-0.2, -0.15) is 0 Å². The summed E-state index contributed by atoms with van der Waals surface area (Å²) >= 11 is 7.31. The van der Waals surface area contributed by atoms with Crippen LogP contribution in [0.3, 0.4) is 0 Å². The van der Waals surface area contributed by atoms with Crippen molar-refractivity contribution in [1.29, 1.82) is 0 Å². The van der Waals surface area contributed by atoms with E-state index >= 15 is 0 Å². The molecule has 2 aromatic carbocycles. The van der Waals surface area contributed by atoms with Gasteiger partial charge >= 0.3 is 0 Å². The van der Waals surface area contributed by atoms with Crippen LogP contribution in [0.15, 0.2) is 52.4 Å². The molecule has 1 saturated heterocycles. The van der Waals surface area contributed by atoms with Crippen molar-refractivity contribution in [2.75, 3.05) is 0 Å². The quantitative estimate of drug-likeness (QED) is 0.802. The predicted octanol–water partition coefficient (Wildman–Crippen LogP) is 4.68. The number of hydrogen-bond donors (Lipinski definition) is 1. The summed E-state index contributed by atoms with van der Waals surface area (Å²) in [5.74, 6) is -0.535. The maximum absolute atomic E-state index is 12.9. The second-order valence-electron chi connectivity index (χ2n) is 4.92. The van der Waals surface area contributed by atoms with Gasteiger partial charge in [0.05, 0.1) is 10.6 Å². The minimum atomic E-state index is -0.311. The Morgan fingerprint density at radius 2 is 1.96 bits per heavy atom. The van der Waals surface area contributed by atoms with Crippen LogP contribution in [-0.2, 0) is 4.79 Å². The van der Waals surface area contributed by atoms with Gasteiger partial charge in [0.25, 0.3) is 5.91 Å². The molecule has 6 heteroatoms. The number of thioether (sulfide) groups is 1. The number of carbonyl (C=O) groups is 1. The Morgan fingerprint density at radius 1 is 1.22 bits per heavy atom. The van der Waals surface area contributed by atoms with E-state index in [1.165, 1.54) is 23.9 Å². The summed E-state index contributed by atoms with van der Waals surface area (Å²) < 4.78 is 12.9. The SMILES string of the molecule is Cc1c(Cl)cccc1N=C1NC(=O)/C(=C/c2ccc(F)cc2)S1. The predicted molar refractivity (Wildman–Crippen MR) is 93.4 cm³/mol. The number of aliphatic imine (C=N–C) groups is 1. The number of rotatable bonds is 2. The van der Waals surface area contributed by atoms with Gasteiger partial charge in [-0.15, -0.1) is 0 Å². The fraction of sp³-hybridized carbons (Fsp3) is 0.0588. The molecule has 1 fully saturated rings. The summed E-state index contributed by atoms with van der Waals surface area (Å²) in [4.78, 5) is 17.0. The topological polar surface area (TPSA) is 41.5 Å². The number of carbonyl (C=O) groups excluding carboxylic acids is 1. The van der Waals surface area contributed by atoms with Crippen LogP contribution in [0.2, 0.25) is 5.02 Å². The largest absolute Gasteiger partial charge is 0.300 e. The lowest BCUT2D eigenvalue weighted by atomic mass is 10.2. The second kappa shape index (κ2) is 6.56. The molecule has 0 spiro atoms. The summed E-state index contributed by atoms with van der Waals surface area (Å²) in [6, 6.07) is 11.4. The van der Waals surface area contributed by atoms with Crippen molar-refractivity contribution >= 4 is 46.2 Å². The van der Waals surface area contributed by atoms with Crippen LogP contribution < -0.4 is 5.32 Å². The van der Waals surface area contributed by atoms with Crippen LogP contribution in [0.25, 0.3) is 6.08 Å². The third-order valence-electron chi connectivity index (χ3n) is 3.28. The Kier molecular flexibility index (Phi) is 4.50. The fourth-order valence-electron chi connectivity index (χ4n) is 2.02. The van der Waals surface area contributed by atoms with Gasteiger partial charge in [0, 0.05) is 5.02 Å². The molecule has 3 nitrogen and oxygen atoms in total. The summed E-state index contributed by atoms with van der Waals surface area (Å²) in [5, 5.41) is 3.84. The monoisotopic (exact) mass is 346 g/mol. The Hall–Kier alpha value is -2.11. The first-order valence-corrected chi connectivity index (χ1v) is 8.02. The van der Waals surface area contributed by atoms with Crippen molar-refractivity contribution < 1.29 is 9.18 Å². The number of amides is 1. The minimum Gasteiger partial charge on any atom is -0.300 e. The molecule has 0 aromatic heterocycles. The number of benzene rings is 2. The molecule has 1 aliphatic heterocycles. The van der Waals surface area contributed by atoms with Gasteiger partial charge in [-0.1, -0.05) is 29.8 Å². The highest BCUT2D eigenvalue weighted by Crippen LogP contribution is 2.31. The Bertz CT molecular complexity index is 831. The first kappa shape index (κ1) is 15.8. The lowest BCUT2D eigenvalue weighted by Crippen LogP contribution is -2.19. The summed E-state index contributed by atoms with van der Waals surface area (Å²) in [6.45, 7) is 1.87. The number of nitrogens with zero attached hydrogens (tertiary/aromatic N) is 1. The summed E-state index contributed by atoms with van der Waals surface area (Å²) in [5.41, 5.74) is 2.32. The molecule has 1 heterocycles. The number of nitrogens with one attached hydrogen (secondary N) is 1. The van der Waals surface area contributed by atoms with Crippen LogP contribution in [-0.4, -0.2) is 11.1 Å². The third kappa shape index (κ3) is 3.63. The van der Waals surface area contributed by atoms with Gasteiger partial charge < -0.3 is 5.32 Å². The van der Waals surface area contributed by atoms with Gasteiger partial charge in [0.1, 0.15) is 5.82 Å². The Morgan fingerprint density at radius 3 is 2.70 bits per heavy atom. The molecule has 3 rings (SSSR count). The minimum absolute atomic E-state index is 0.224. The van der Waals surface area contributed by atoms with Crippen LogP contribution in [0, 0.1) is 12.7 Å². The van der Waals surface area contributed by atoms with Crippen molar-refractivity contribution in [3.8, 4) is 0 Å². The Balaban J connectivity index is 1.86. The van der Waals surface area contributed by atoms with Gasteiger partial charge in [0.15, 0.2) is 5.17 Å². The first-order chi connectivity index (χ1) is 11.0. The van der Waals surface area contributed by atoms with Crippen molar-refractivity contribution in [2.45, 2.75) is 6.92 Å². The van der Waals surface area contributed by atoms with Crippen LogP contribution in [0.4, 0.5) is 10.1 Å². The number of amidine groups is 1. The van der Waals surface area contributed by atoms with E-state index in [-0.39, 0.29) is 11.7 Å². The van der Waals surface area contributed by atoms with Crippen LogP contribution in [0.5, 0.6) is 0 Å². The molecule has 0 radical (unpaired) electrons. The van der Waals surface area contributed by atoms with Crippen LogP contribution >= 0.6 is 23.4 Å². The van der Waals surface area contributed by atoms with Crippen LogP contribution in [0.1, 0.15) is 11.1 Å². The molecule has 0 unspecified atom stereocenters. The highest BCUT2D eigenvalue weighted by Gasteiger charge is 2.24. The number of halogens is 2. The molecular weight excluding hydrogens is 335 g/mol. The van der Waals surface area contributed by atoms with E-state index in [1.807, 2.05) is 19.1 Å². The smallest absolute Gasteiger partial charge is 0.264 e. The molecule has 0 saturated carbocycles. The maximum Gasteiger partial charge on any atom is 0.264 e. The molecular formula is C17H12ClFN2OS. The van der Waals surface area contributed by atoms with E-state index in [4.69, 9.17) is 11.6 Å². The van der Waals surface area contributed by atoms with Gasteiger partial charge in [0.2, 0.25) is 0 Å². The highest BCUT2D eigenvalue weighted by atomic mass is 35.5. The molecule has 1 aliphatic rings. The third-order valence-corrected chi connectivity index (χ3v) is 4.60. The molecule has 1 amide bonds. The van der Waals surface area contributed by atoms with E-state index in [0.29, 0.717) is 20.8 Å². The van der Waals surface area contributed by atoms with Crippen molar-refractivity contribution in [1.82, 2.24) is 5.32 Å². The average Bonchev–Trinajstić information content (AvgIpc) is 2.86. The average molecular weight is 347 g/mol. The zero-order chi connectivity index (χ0) is 16.4. The zero-order valence-corrected chi connectivity index (χ0v) is 13.7. The van der Waals surface area contributed by atoms with Crippen molar-refractivity contribution in [3.05, 3.63) is 69.3 Å². The van der Waals surface area contributed by atoms with E-state index in [9.17, 15) is 9.18 Å². The summed E-state index contributed by atoms with van der Waals surface area (Å²) in [7, 11) is 0. The lowest BCUT2D eigenvalue weighted by molar-refractivity contribution is -0.115. The van der Waals surface area contributed by atoms with E-state index < -0.39 is 0 Å².